The van der Waals surface area contributed by atoms with Crippen LogP contribution in [-0.4, -0.2) is 29.7 Å². The molecule has 1 aromatic rings. The van der Waals surface area contributed by atoms with Crippen molar-refractivity contribution in [1.29, 1.82) is 0 Å². The van der Waals surface area contributed by atoms with E-state index < -0.39 is 0 Å². The van der Waals surface area contributed by atoms with Gasteiger partial charge >= 0.3 is 0 Å². The van der Waals surface area contributed by atoms with E-state index in [1.54, 1.807) is 0 Å². The first kappa shape index (κ1) is 12.6. The molecule has 1 atom stereocenters. The summed E-state index contributed by atoms with van der Waals surface area (Å²) in [5.74, 6) is 0.480. The number of hydrogen-bond donors (Lipinski definition) is 1. The lowest BCUT2D eigenvalue weighted by Crippen LogP contribution is -2.36. The highest BCUT2D eigenvalue weighted by Crippen LogP contribution is 2.20. The second kappa shape index (κ2) is 5.65. The fraction of sp³-hybridized carbons (Fsp3) is 0.600. The average molecular weight is 233 g/mol. The zero-order valence-corrected chi connectivity index (χ0v) is 10.9. The third-order valence-corrected chi connectivity index (χ3v) is 3.76. The summed E-state index contributed by atoms with van der Waals surface area (Å²) in [4.78, 5) is 2.48. The Balaban J connectivity index is 2.02. The molecule has 2 nitrogen and oxygen atoms in total. The number of rotatable bonds is 3. The van der Waals surface area contributed by atoms with Gasteiger partial charge in [-0.2, -0.15) is 0 Å². The molecule has 2 rings (SSSR count). The van der Waals surface area contributed by atoms with Crippen LogP contribution >= 0.6 is 0 Å². The number of aryl methyl sites for hydroxylation is 2. The monoisotopic (exact) mass is 233 g/mol. The van der Waals surface area contributed by atoms with Crippen LogP contribution in [0.3, 0.4) is 0 Å². The third kappa shape index (κ3) is 3.30. The van der Waals surface area contributed by atoms with Crippen LogP contribution in [0.2, 0.25) is 0 Å². The van der Waals surface area contributed by atoms with E-state index in [2.05, 4.69) is 36.9 Å². The van der Waals surface area contributed by atoms with Gasteiger partial charge < -0.3 is 5.11 Å². The minimum atomic E-state index is 0.337. The quantitative estimate of drug-likeness (QED) is 0.867. The van der Waals surface area contributed by atoms with Gasteiger partial charge in [-0.15, -0.1) is 0 Å². The van der Waals surface area contributed by atoms with Gasteiger partial charge in [-0.3, -0.25) is 4.90 Å². The van der Waals surface area contributed by atoms with E-state index in [4.69, 9.17) is 0 Å². The second-order valence-electron chi connectivity index (χ2n) is 5.36. The number of nitrogens with zero attached hydrogens (tertiary/aromatic N) is 1. The van der Waals surface area contributed by atoms with Crippen LogP contribution in [0.25, 0.3) is 0 Å². The molecule has 94 valence electrons. The zero-order chi connectivity index (χ0) is 12.3. The normalized spacial score (nSPS) is 21.7. The van der Waals surface area contributed by atoms with E-state index in [-0.39, 0.29) is 0 Å². The lowest BCUT2D eigenvalue weighted by atomic mass is 9.97. The van der Waals surface area contributed by atoms with Gasteiger partial charge in [0.15, 0.2) is 0 Å². The van der Waals surface area contributed by atoms with Gasteiger partial charge in [0, 0.05) is 19.7 Å². The van der Waals surface area contributed by atoms with E-state index in [0.29, 0.717) is 12.5 Å². The Morgan fingerprint density at radius 3 is 2.94 bits per heavy atom. The minimum Gasteiger partial charge on any atom is -0.396 e. The molecule has 1 aromatic carbocycles. The molecule has 0 aliphatic carbocycles. The molecule has 1 heterocycles. The predicted molar refractivity (Wildman–Crippen MR) is 71.0 cm³/mol. The predicted octanol–water partition coefficient (Wildman–Crippen LogP) is 2.51. The zero-order valence-electron chi connectivity index (χ0n) is 10.9. The maximum absolute atomic E-state index is 9.25. The van der Waals surface area contributed by atoms with Crippen LogP contribution in [0.15, 0.2) is 18.2 Å². The molecule has 1 aliphatic rings. The molecule has 0 spiro atoms. The second-order valence-corrected chi connectivity index (χ2v) is 5.36. The van der Waals surface area contributed by atoms with Crippen molar-refractivity contribution in [3.05, 3.63) is 34.9 Å². The summed E-state index contributed by atoms with van der Waals surface area (Å²) in [6, 6.07) is 6.67. The molecule has 17 heavy (non-hydrogen) atoms. The Labute approximate surface area is 104 Å². The third-order valence-electron chi connectivity index (χ3n) is 3.76. The van der Waals surface area contributed by atoms with Crippen LogP contribution in [0.1, 0.15) is 29.5 Å². The molecule has 1 aliphatic heterocycles. The van der Waals surface area contributed by atoms with E-state index in [0.717, 1.165) is 13.1 Å². The number of likely N-dealkylation sites (tertiary alicyclic amines) is 1. The summed E-state index contributed by atoms with van der Waals surface area (Å²) in [5, 5.41) is 9.25. The first-order valence-corrected chi connectivity index (χ1v) is 6.58. The van der Waals surface area contributed by atoms with Crippen molar-refractivity contribution in [2.45, 2.75) is 33.2 Å². The molecule has 0 radical (unpaired) electrons. The summed E-state index contributed by atoms with van der Waals surface area (Å²) in [7, 11) is 0. The van der Waals surface area contributed by atoms with Crippen molar-refractivity contribution in [1.82, 2.24) is 4.90 Å². The average Bonchev–Trinajstić information content (AvgIpc) is 2.34. The summed E-state index contributed by atoms with van der Waals surface area (Å²) in [6.07, 6.45) is 2.40. The van der Waals surface area contributed by atoms with Gasteiger partial charge in [-0.05, 0) is 50.3 Å². The van der Waals surface area contributed by atoms with Gasteiger partial charge in [0.25, 0.3) is 0 Å². The van der Waals surface area contributed by atoms with Gasteiger partial charge in [-0.1, -0.05) is 23.8 Å². The first-order valence-electron chi connectivity index (χ1n) is 6.58. The SMILES string of the molecule is Cc1ccc(C)c(CN2CCCC(CO)C2)c1. The van der Waals surface area contributed by atoms with E-state index >= 15 is 0 Å². The Kier molecular flexibility index (Phi) is 4.19. The van der Waals surface area contributed by atoms with Gasteiger partial charge in [0.2, 0.25) is 0 Å². The molecule has 0 aromatic heterocycles. The molecule has 2 heteroatoms. The molecule has 1 N–H and O–H groups in total. The highest BCUT2D eigenvalue weighted by atomic mass is 16.3. The van der Waals surface area contributed by atoms with Gasteiger partial charge in [0.05, 0.1) is 0 Å². The highest BCUT2D eigenvalue weighted by molar-refractivity contribution is 5.30. The maximum atomic E-state index is 9.25. The summed E-state index contributed by atoms with van der Waals surface area (Å²) < 4.78 is 0. The van der Waals surface area contributed by atoms with Gasteiger partial charge in [-0.25, -0.2) is 0 Å². The standard InChI is InChI=1S/C15H23NO/c1-12-5-6-13(2)15(8-12)10-16-7-3-4-14(9-16)11-17/h5-6,8,14,17H,3-4,7,9-11H2,1-2H3. The van der Waals surface area contributed by atoms with E-state index in [1.165, 1.54) is 36.1 Å². The number of aliphatic hydroxyl groups excluding tert-OH is 1. The van der Waals surface area contributed by atoms with Crippen molar-refractivity contribution in [2.24, 2.45) is 5.92 Å². The van der Waals surface area contributed by atoms with Crippen LogP contribution in [0.4, 0.5) is 0 Å². The molecule has 0 bridgehead atoms. The molecule has 1 fully saturated rings. The molecule has 1 unspecified atom stereocenters. The van der Waals surface area contributed by atoms with Crippen molar-refractivity contribution < 1.29 is 5.11 Å². The van der Waals surface area contributed by atoms with Crippen molar-refractivity contribution in [3.63, 3.8) is 0 Å². The van der Waals surface area contributed by atoms with Crippen molar-refractivity contribution in [3.8, 4) is 0 Å². The first-order chi connectivity index (χ1) is 8.19. The Bertz CT molecular complexity index is 375. The van der Waals surface area contributed by atoms with Crippen LogP contribution < -0.4 is 0 Å². The van der Waals surface area contributed by atoms with Crippen molar-refractivity contribution in [2.75, 3.05) is 19.7 Å². The molecular formula is C15H23NO. The van der Waals surface area contributed by atoms with Crippen LogP contribution in [0, 0.1) is 19.8 Å². The number of aliphatic hydroxyl groups is 1. The number of hydrogen-bond acceptors (Lipinski definition) is 2. The van der Waals surface area contributed by atoms with Crippen LogP contribution in [-0.2, 0) is 6.54 Å². The Morgan fingerprint density at radius 2 is 2.18 bits per heavy atom. The summed E-state index contributed by atoms with van der Waals surface area (Å²) in [6.45, 7) is 7.92. The Hall–Kier alpha value is -0.860. The summed E-state index contributed by atoms with van der Waals surface area (Å²) in [5.41, 5.74) is 4.15. The largest absolute Gasteiger partial charge is 0.396 e. The fourth-order valence-electron chi connectivity index (χ4n) is 2.66. The molecule has 0 saturated carbocycles. The fourth-order valence-corrected chi connectivity index (χ4v) is 2.66. The summed E-state index contributed by atoms with van der Waals surface area (Å²) >= 11 is 0. The smallest absolute Gasteiger partial charge is 0.0471 e. The highest BCUT2D eigenvalue weighted by Gasteiger charge is 2.19. The Morgan fingerprint density at radius 1 is 1.35 bits per heavy atom. The topological polar surface area (TPSA) is 23.5 Å². The van der Waals surface area contributed by atoms with E-state index in [9.17, 15) is 5.11 Å². The van der Waals surface area contributed by atoms with Crippen molar-refractivity contribution >= 4 is 0 Å². The van der Waals surface area contributed by atoms with Gasteiger partial charge in [0.1, 0.15) is 0 Å². The van der Waals surface area contributed by atoms with Crippen LogP contribution in [0.5, 0.6) is 0 Å². The maximum Gasteiger partial charge on any atom is 0.0471 e. The van der Waals surface area contributed by atoms with E-state index in [1.807, 2.05) is 0 Å². The lowest BCUT2D eigenvalue weighted by molar-refractivity contribution is 0.116. The minimum absolute atomic E-state index is 0.337. The number of piperidine rings is 1. The lowest BCUT2D eigenvalue weighted by Gasteiger charge is -2.32. The molecule has 0 amide bonds. The number of benzene rings is 1. The molecular weight excluding hydrogens is 210 g/mol. The molecule has 1 saturated heterocycles.